The molecule has 3 aromatic rings. The lowest BCUT2D eigenvalue weighted by Crippen LogP contribution is -2.41. The second kappa shape index (κ2) is 5.76. The van der Waals surface area contributed by atoms with Crippen LogP contribution in [-0.4, -0.2) is 24.0 Å². The Morgan fingerprint density at radius 1 is 1.21 bits per heavy atom. The molecule has 4 rings (SSSR count). The van der Waals surface area contributed by atoms with Crippen molar-refractivity contribution in [1.29, 1.82) is 0 Å². The van der Waals surface area contributed by atoms with Gasteiger partial charge in [-0.3, -0.25) is 4.79 Å². The fourth-order valence-corrected chi connectivity index (χ4v) is 3.56. The fourth-order valence-electron chi connectivity index (χ4n) is 3.56. The highest BCUT2D eigenvalue weighted by atomic mass is 19.1. The first-order chi connectivity index (χ1) is 11.7. The lowest BCUT2D eigenvalue weighted by molar-refractivity contribution is 0.0926. The number of halogens is 1. The van der Waals surface area contributed by atoms with Crippen molar-refractivity contribution in [1.82, 2.24) is 15.6 Å². The molecule has 0 unspecified atom stereocenters. The van der Waals surface area contributed by atoms with Crippen molar-refractivity contribution >= 4 is 16.8 Å². The predicted octanol–water partition coefficient (Wildman–Crippen LogP) is 2.92. The molecule has 0 spiro atoms. The monoisotopic (exact) mass is 323 g/mol. The molecule has 5 heteroatoms. The van der Waals surface area contributed by atoms with E-state index in [9.17, 15) is 9.18 Å². The highest BCUT2D eigenvalue weighted by Gasteiger charge is 2.32. The summed E-state index contributed by atoms with van der Waals surface area (Å²) in [7, 11) is 1.90. The number of amides is 1. The maximum atomic E-state index is 13.3. The first-order valence-electron chi connectivity index (χ1n) is 8.00. The number of fused-ring (bicyclic) bond motifs is 2. The summed E-state index contributed by atoms with van der Waals surface area (Å²) in [5, 5.41) is 7.07. The average molecular weight is 323 g/mol. The van der Waals surface area contributed by atoms with E-state index >= 15 is 0 Å². The summed E-state index contributed by atoms with van der Waals surface area (Å²) in [4.78, 5) is 15.7. The fraction of sp³-hybridized carbons (Fsp3) is 0.211. The Labute approximate surface area is 139 Å². The molecule has 1 aromatic heterocycles. The normalized spacial score (nSPS) is 19.4. The van der Waals surface area contributed by atoms with E-state index in [1.165, 1.54) is 23.3 Å². The topological polar surface area (TPSA) is 56.9 Å². The van der Waals surface area contributed by atoms with Gasteiger partial charge in [0.05, 0.1) is 12.1 Å². The molecule has 1 aliphatic carbocycles. The van der Waals surface area contributed by atoms with Gasteiger partial charge >= 0.3 is 0 Å². The van der Waals surface area contributed by atoms with Crippen LogP contribution in [0.3, 0.4) is 0 Å². The summed E-state index contributed by atoms with van der Waals surface area (Å²) in [6.45, 7) is 0. The van der Waals surface area contributed by atoms with Gasteiger partial charge < -0.3 is 15.6 Å². The van der Waals surface area contributed by atoms with Crippen molar-refractivity contribution in [3.05, 3.63) is 71.2 Å². The van der Waals surface area contributed by atoms with Crippen LogP contribution in [-0.2, 0) is 6.42 Å². The van der Waals surface area contributed by atoms with Gasteiger partial charge in [0.1, 0.15) is 11.5 Å². The molecule has 1 aliphatic rings. The Morgan fingerprint density at radius 3 is 2.88 bits per heavy atom. The van der Waals surface area contributed by atoms with Crippen LogP contribution in [0.5, 0.6) is 0 Å². The van der Waals surface area contributed by atoms with Crippen molar-refractivity contribution < 1.29 is 9.18 Å². The first kappa shape index (κ1) is 14.9. The molecule has 2 aromatic carbocycles. The Balaban J connectivity index is 1.57. The Kier molecular flexibility index (Phi) is 3.58. The zero-order valence-electron chi connectivity index (χ0n) is 13.3. The van der Waals surface area contributed by atoms with E-state index < -0.39 is 0 Å². The molecular weight excluding hydrogens is 305 g/mol. The third kappa shape index (κ3) is 2.47. The summed E-state index contributed by atoms with van der Waals surface area (Å²) in [5.74, 6) is -0.486. The maximum absolute atomic E-state index is 13.3. The van der Waals surface area contributed by atoms with E-state index in [0.717, 1.165) is 11.9 Å². The van der Waals surface area contributed by atoms with Crippen molar-refractivity contribution in [3.63, 3.8) is 0 Å². The summed E-state index contributed by atoms with van der Waals surface area (Å²) in [5.41, 5.74) is 3.67. The number of rotatable bonds is 3. The van der Waals surface area contributed by atoms with E-state index in [4.69, 9.17) is 0 Å². The highest BCUT2D eigenvalue weighted by molar-refractivity contribution is 5.98. The average Bonchev–Trinajstić information content (AvgIpc) is 3.14. The highest BCUT2D eigenvalue weighted by Crippen LogP contribution is 2.31. The number of aromatic amines is 1. The quantitative estimate of drug-likeness (QED) is 0.694. The summed E-state index contributed by atoms with van der Waals surface area (Å²) < 4.78 is 13.3. The van der Waals surface area contributed by atoms with Gasteiger partial charge in [-0.25, -0.2) is 4.39 Å². The molecule has 0 radical (unpaired) electrons. The first-order valence-corrected chi connectivity index (χ1v) is 8.00. The molecule has 4 nitrogen and oxygen atoms in total. The van der Waals surface area contributed by atoms with Crippen LogP contribution in [0.25, 0.3) is 10.9 Å². The number of carbonyl (C=O) groups excluding carboxylic acids is 1. The number of H-pyrrole nitrogens is 1. The van der Waals surface area contributed by atoms with Gasteiger partial charge in [0, 0.05) is 10.9 Å². The van der Waals surface area contributed by atoms with Crippen LogP contribution in [0.4, 0.5) is 4.39 Å². The maximum Gasteiger partial charge on any atom is 0.268 e. The third-order valence-electron chi connectivity index (χ3n) is 4.69. The van der Waals surface area contributed by atoms with Crippen LogP contribution >= 0.6 is 0 Å². The molecule has 1 heterocycles. The number of carbonyl (C=O) groups is 1. The number of benzene rings is 2. The van der Waals surface area contributed by atoms with Crippen LogP contribution in [0.1, 0.15) is 27.7 Å². The van der Waals surface area contributed by atoms with E-state index in [2.05, 4.69) is 27.8 Å². The molecule has 0 saturated carbocycles. The van der Waals surface area contributed by atoms with E-state index in [1.54, 1.807) is 12.1 Å². The minimum absolute atomic E-state index is 0.0111. The summed E-state index contributed by atoms with van der Waals surface area (Å²) >= 11 is 0. The molecular formula is C19H18FN3O. The second-order valence-electron chi connectivity index (χ2n) is 6.16. The van der Waals surface area contributed by atoms with Crippen LogP contribution in [0.2, 0.25) is 0 Å². The van der Waals surface area contributed by atoms with E-state index in [-0.39, 0.29) is 23.8 Å². The Hall–Kier alpha value is -2.66. The number of nitrogens with one attached hydrogen (secondary N) is 3. The molecule has 0 aliphatic heterocycles. The van der Waals surface area contributed by atoms with Gasteiger partial charge in [-0.1, -0.05) is 24.3 Å². The lowest BCUT2D eigenvalue weighted by Gasteiger charge is -2.21. The smallest absolute Gasteiger partial charge is 0.268 e. The molecule has 122 valence electrons. The molecule has 2 atom stereocenters. The number of hydrogen-bond acceptors (Lipinski definition) is 2. The molecule has 0 fully saturated rings. The SMILES string of the molecule is CN[C@H]1c2ccccc2C[C@H]1NC(=O)c1cc2cc(F)ccc2[nH]1. The molecule has 24 heavy (non-hydrogen) atoms. The van der Waals surface area contributed by atoms with Crippen molar-refractivity contribution in [3.8, 4) is 0 Å². The number of likely N-dealkylation sites (N-methyl/N-ethyl adjacent to an activating group) is 1. The van der Waals surface area contributed by atoms with Gasteiger partial charge in [-0.15, -0.1) is 0 Å². The van der Waals surface area contributed by atoms with Crippen LogP contribution in [0.15, 0.2) is 48.5 Å². The Bertz CT molecular complexity index is 918. The minimum atomic E-state index is -0.310. The van der Waals surface area contributed by atoms with E-state index in [1.807, 2.05) is 19.2 Å². The molecule has 0 bridgehead atoms. The number of aromatic nitrogens is 1. The van der Waals surface area contributed by atoms with Crippen molar-refractivity contribution in [2.24, 2.45) is 0 Å². The van der Waals surface area contributed by atoms with Crippen LogP contribution < -0.4 is 10.6 Å². The largest absolute Gasteiger partial charge is 0.351 e. The van der Waals surface area contributed by atoms with Gasteiger partial charge in [0.25, 0.3) is 5.91 Å². The molecule has 3 N–H and O–H groups in total. The van der Waals surface area contributed by atoms with Crippen molar-refractivity contribution in [2.45, 2.75) is 18.5 Å². The second-order valence-corrected chi connectivity index (χ2v) is 6.16. The van der Waals surface area contributed by atoms with Crippen molar-refractivity contribution in [2.75, 3.05) is 7.05 Å². The zero-order valence-corrected chi connectivity index (χ0v) is 13.3. The molecule has 0 saturated heterocycles. The van der Waals surface area contributed by atoms with Gasteiger partial charge in [0.15, 0.2) is 0 Å². The third-order valence-corrected chi connectivity index (χ3v) is 4.69. The predicted molar refractivity (Wildman–Crippen MR) is 91.5 cm³/mol. The Morgan fingerprint density at radius 2 is 2.04 bits per heavy atom. The van der Waals surface area contributed by atoms with Gasteiger partial charge in [-0.05, 0) is 48.9 Å². The summed E-state index contributed by atoms with van der Waals surface area (Å²) in [6.07, 6.45) is 0.794. The van der Waals surface area contributed by atoms with Crippen LogP contribution in [0, 0.1) is 5.82 Å². The zero-order chi connectivity index (χ0) is 16.7. The van der Waals surface area contributed by atoms with E-state index in [0.29, 0.717) is 11.1 Å². The lowest BCUT2D eigenvalue weighted by atomic mass is 10.1. The summed E-state index contributed by atoms with van der Waals surface area (Å²) in [6, 6.07) is 14.4. The standard InChI is InChI=1S/C19H18FN3O/c1-21-18-14-5-3-2-4-11(14)9-16(18)23-19(24)17-10-12-8-13(20)6-7-15(12)22-17/h2-8,10,16,18,21-22H,9H2,1H3,(H,23,24)/t16-,18+/m1/s1. The van der Waals surface area contributed by atoms with Gasteiger partial charge in [0.2, 0.25) is 0 Å². The minimum Gasteiger partial charge on any atom is -0.351 e. The molecule has 1 amide bonds. The number of hydrogen-bond donors (Lipinski definition) is 3. The van der Waals surface area contributed by atoms with Gasteiger partial charge in [-0.2, -0.15) is 0 Å².